The first-order valence-electron chi connectivity index (χ1n) is 9.34. The fourth-order valence-corrected chi connectivity index (χ4v) is 5.41. The summed E-state index contributed by atoms with van der Waals surface area (Å²) in [6.45, 7) is 2.29. The molecule has 0 aliphatic carbocycles. The van der Waals surface area contributed by atoms with Crippen LogP contribution in [0, 0.1) is 5.82 Å². The van der Waals surface area contributed by atoms with Gasteiger partial charge in [-0.05, 0) is 37.3 Å². The molecular formula is C19H20FN5O3S2. The second-order valence-electron chi connectivity index (χ2n) is 6.87. The van der Waals surface area contributed by atoms with Crippen LogP contribution >= 0.6 is 11.3 Å². The van der Waals surface area contributed by atoms with Crippen molar-refractivity contribution in [3.8, 4) is 11.3 Å². The number of hydrogen-bond acceptors (Lipinski definition) is 6. The number of aryl methyl sites for hydroxylation is 1. The zero-order chi connectivity index (χ0) is 21.5. The molecule has 11 heteroatoms. The molecule has 1 aliphatic heterocycles. The summed E-state index contributed by atoms with van der Waals surface area (Å²) >= 11 is 1.28. The summed E-state index contributed by atoms with van der Waals surface area (Å²) < 4.78 is 40.3. The van der Waals surface area contributed by atoms with Crippen LogP contribution in [0.2, 0.25) is 0 Å². The Kier molecular flexibility index (Phi) is 5.43. The van der Waals surface area contributed by atoms with Crippen LogP contribution in [0.4, 0.5) is 9.52 Å². The molecule has 158 valence electrons. The van der Waals surface area contributed by atoms with Crippen molar-refractivity contribution in [3.63, 3.8) is 0 Å². The number of carbonyl (C=O) groups excluding carboxylic acids is 1. The topological polar surface area (TPSA) is 97.2 Å². The number of benzene rings is 1. The third-order valence-corrected chi connectivity index (χ3v) is 7.75. The maximum absolute atomic E-state index is 13.1. The first-order chi connectivity index (χ1) is 14.3. The van der Waals surface area contributed by atoms with Crippen molar-refractivity contribution >= 4 is 32.4 Å². The molecule has 8 nitrogen and oxygen atoms in total. The Balaban J connectivity index is 1.51. The lowest BCUT2D eigenvalue weighted by molar-refractivity contribution is 0.101. The van der Waals surface area contributed by atoms with E-state index in [1.807, 2.05) is 0 Å². The minimum atomic E-state index is -3.26. The molecule has 0 bridgehead atoms. The Bertz CT molecular complexity index is 1200. The number of anilines is 1. The molecule has 3 aromatic rings. The fraction of sp³-hybridized carbons (Fsp3) is 0.316. The number of thiazole rings is 1. The van der Waals surface area contributed by atoms with Crippen molar-refractivity contribution in [2.75, 3.05) is 17.6 Å². The van der Waals surface area contributed by atoms with Gasteiger partial charge in [-0.1, -0.05) is 0 Å². The summed E-state index contributed by atoms with van der Waals surface area (Å²) in [5, 5.41) is 7.53. The summed E-state index contributed by atoms with van der Waals surface area (Å²) in [6, 6.07) is 7.51. The van der Waals surface area contributed by atoms with Gasteiger partial charge in [0.1, 0.15) is 11.5 Å². The van der Waals surface area contributed by atoms with Gasteiger partial charge in [-0.15, -0.1) is 11.3 Å². The second kappa shape index (κ2) is 7.89. The minimum absolute atomic E-state index is 0.0572. The van der Waals surface area contributed by atoms with E-state index in [0.717, 1.165) is 10.6 Å². The number of fused-ring (bicyclic) bond motifs is 1. The smallest absolute Gasteiger partial charge is 0.275 e. The number of hydrogen-bond donors (Lipinski definition) is 1. The predicted octanol–water partition coefficient (Wildman–Crippen LogP) is 2.64. The van der Waals surface area contributed by atoms with E-state index in [4.69, 9.17) is 0 Å². The van der Waals surface area contributed by atoms with E-state index in [1.54, 1.807) is 32.2 Å². The molecule has 1 N–H and O–H groups in total. The van der Waals surface area contributed by atoms with E-state index in [1.165, 1.54) is 32.5 Å². The van der Waals surface area contributed by atoms with Crippen molar-refractivity contribution in [3.05, 3.63) is 52.4 Å². The van der Waals surface area contributed by atoms with Crippen molar-refractivity contribution in [2.24, 2.45) is 7.05 Å². The molecule has 0 saturated carbocycles. The van der Waals surface area contributed by atoms with E-state index in [2.05, 4.69) is 15.4 Å². The average molecular weight is 450 g/mol. The van der Waals surface area contributed by atoms with E-state index >= 15 is 0 Å². The lowest BCUT2D eigenvalue weighted by atomic mass is 10.1. The number of nitrogens with one attached hydrogen (secondary N) is 1. The van der Waals surface area contributed by atoms with Crippen molar-refractivity contribution < 1.29 is 17.6 Å². The summed E-state index contributed by atoms with van der Waals surface area (Å²) in [6.07, 6.45) is 0.515. The molecule has 1 aromatic carbocycles. The maximum Gasteiger partial charge on any atom is 0.275 e. The maximum atomic E-state index is 13.1. The molecule has 3 heterocycles. The predicted molar refractivity (Wildman–Crippen MR) is 112 cm³/mol. The van der Waals surface area contributed by atoms with E-state index in [-0.39, 0.29) is 24.0 Å². The van der Waals surface area contributed by atoms with Gasteiger partial charge in [0.25, 0.3) is 5.91 Å². The lowest BCUT2D eigenvalue weighted by Gasteiger charge is -2.24. The minimum Gasteiger partial charge on any atom is -0.296 e. The highest BCUT2D eigenvalue weighted by Gasteiger charge is 2.28. The molecule has 0 atom stereocenters. The Hall–Kier alpha value is -2.63. The number of halogens is 1. The van der Waals surface area contributed by atoms with Gasteiger partial charge in [0.2, 0.25) is 10.0 Å². The molecule has 0 fully saturated rings. The van der Waals surface area contributed by atoms with Crippen LogP contribution in [0.25, 0.3) is 11.3 Å². The summed E-state index contributed by atoms with van der Waals surface area (Å²) in [7, 11) is -1.61. The molecule has 0 spiro atoms. The molecule has 2 aromatic heterocycles. The lowest BCUT2D eigenvalue weighted by Crippen LogP contribution is -2.36. The van der Waals surface area contributed by atoms with Gasteiger partial charge in [0.05, 0.1) is 17.1 Å². The van der Waals surface area contributed by atoms with Gasteiger partial charge in [-0.2, -0.15) is 9.40 Å². The van der Waals surface area contributed by atoms with Gasteiger partial charge in [-0.3, -0.25) is 14.8 Å². The molecule has 0 unspecified atom stereocenters. The molecule has 0 saturated heterocycles. The number of sulfonamides is 1. The summed E-state index contributed by atoms with van der Waals surface area (Å²) in [5.74, 6) is -0.657. The molecule has 1 aliphatic rings. The van der Waals surface area contributed by atoms with Crippen LogP contribution in [0.15, 0.2) is 30.3 Å². The van der Waals surface area contributed by atoms with Crippen LogP contribution in [-0.4, -0.2) is 45.7 Å². The van der Waals surface area contributed by atoms with Crippen LogP contribution in [0.1, 0.15) is 28.0 Å². The molecule has 30 heavy (non-hydrogen) atoms. The first kappa shape index (κ1) is 20.6. The monoisotopic (exact) mass is 449 g/mol. The molecule has 4 rings (SSSR count). The zero-order valence-corrected chi connectivity index (χ0v) is 18.1. The summed E-state index contributed by atoms with van der Waals surface area (Å²) in [5.41, 5.74) is 2.40. The van der Waals surface area contributed by atoms with E-state index in [9.17, 15) is 17.6 Å². The van der Waals surface area contributed by atoms with Gasteiger partial charge in [0.15, 0.2) is 5.13 Å². The van der Waals surface area contributed by atoms with Crippen LogP contribution in [0.5, 0.6) is 0 Å². The van der Waals surface area contributed by atoms with Gasteiger partial charge in [-0.25, -0.2) is 17.8 Å². The number of rotatable bonds is 5. The average Bonchev–Trinajstić information content (AvgIpc) is 3.30. The van der Waals surface area contributed by atoms with Gasteiger partial charge in [0, 0.05) is 37.0 Å². The third kappa shape index (κ3) is 4.00. The Morgan fingerprint density at radius 2 is 2.03 bits per heavy atom. The zero-order valence-electron chi connectivity index (χ0n) is 16.4. The number of nitrogens with zero attached hydrogens (tertiary/aromatic N) is 4. The van der Waals surface area contributed by atoms with Crippen molar-refractivity contribution in [1.82, 2.24) is 19.1 Å². The Morgan fingerprint density at radius 3 is 2.73 bits per heavy atom. The highest BCUT2D eigenvalue weighted by atomic mass is 32.2. The van der Waals surface area contributed by atoms with Crippen LogP contribution in [0.3, 0.4) is 0 Å². The standard InChI is InChI=1S/C19H20FN5O3S2/c1-3-30(27,28)25-9-8-14-17(11-25)29-19(21-14)22-18(26)16-10-15(23-24(16)2)12-4-6-13(20)7-5-12/h4-7,10H,3,8-9,11H2,1-2H3,(H,21,22,26). The van der Waals surface area contributed by atoms with E-state index in [0.29, 0.717) is 35.0 Å². The van der Waals surface area contributed by atoms with Gasteiger partial charge < -0.3 is 0 Å². The Labute approximate surface area is 177 Å². The number of amides is 1. The second-order valence-corrected chi connectivity index (χ2v) is 10.2. The number of aromatic nitrogens is 3. The van der Waals surface area contributed by atoms with E-state index < -0.39 is 10.0 Å². The van der Waals surface area contributed by atoms with Crippen molar-refractivity contribution in [1.29, 1.82) is 0 Å². The normalized spacial score (nSPS) is 14.5. The van der Waals surface area contributed by atoms with Crippen LogP contribution < -0.4 is 5.32 Å². The quantitative estimate of drug-likeness (QED) is 0.646. The Morgan fingerprint density at radius 1 is 1.30 bits per heavy atom. The number of carbonyl (C=O) groups is 1. The largest absolute Gasteiger partial charge is 0.296 e. The molecule has 0 radical (unpaired) electrons. The SMILES string of the molecule is CCS(=O)(=O)N1CCc2nc(NC(=O)c3cc(-c4ccc(F)cc4)nn3C)sc2C1. The molecule has 1 amide bonds. The third-order valence-electron chi connectivity index (χ3n) is 4.93. The fourth-order valence-electron chi connectivity index (χ4n) is 3.25. The van der Waals surface area contributed by atoms with Gasteiger partial charge >= 0.3 is 0 Å². The highest BCUT2D eigenvalue weighted by Crippen LogP contribution is 2.30. The molecular weight excluding hydrogens is 429 g/mol. The highest BCUT2D eigenvalue weighted by molar-refractivity contribution is 7.89. The van der Waals surface area contributed by atoms with Crippen LogP contribution in [-0.2, 0) is 30.0 Å². The summed E-state index contributed by atoms with van der Waals surface area (Å²) in [4.78, 5) is 18.0. The first-order valence-corrected chi connectivity index (χ1v) is 11.8. The van der Waals surface area contributed by atoms with Crippen molar-refractivity contribution in [2.45, 2.75) is 19.9 Å².